The van der Waals surface area contributed by atoms with Gasteiger partial charge in [0.25, 0.3) is 0 Å². The topological polar surface area (TPSA) is 3.24 Å². The van der Waals surface area contributed by atoms with Gasteiger partial charge in [0.2, 0.25) is 0 Å². The number of hydrogen-bond donors (Lipinski definition) is 0. The molecule has 0 heterocycles. The highest BCUT2D eigenvalue weighted by Gasteiger charge is 1.98. The lowest BCUT2D eigenvalue weighted by Gasteiger charge is -2.12. The van der Waals surface area contributed by atoms with Gasteiger partial charge in [0, 0.05) is 14.1 Å². The molecule has 10 heavy (non-hydrogen) atoms. The van der Waals surface area contributed by atoms with Crippen molar-refractivity contribution in [3.05, 3.63) is 23.9 Å². The Morgan fingerprint density at radius 2 is 2.20 bits per heavy atom. The molecule has 0 aromatic rings. The lowest BCUT2D eigenvalue weighted by atomic mass is 10.0. The Bertz CT molecular complexity index is 154. The fourth-order valence-corrected chi connectivity index (χ4v) is 1.21. The van der Waals surface area contributed by atoms with Gasteiger partial charge in [-0.25, -0.2) is 0 Å². The van der Waals surface area contributed by atoms with Crippen LogP contribution in [0.15, 0.2) is 23.9 Å². The Morgan fingerprint density at radius 1 is 1.40 bits per heavy atom. The monoisotopic (exact) mass is 137 g/mol. The molecular formula is C9H15N. The van der Waals surface area contributed by atoms with Crippen molar-refractivity contribution >= 4 is 0 Å². The van der Waals surface area contributed by atoms with Gasteiger partial charge in [-0.15, -0.1) is 0 Å². The zero-order valence-corrected chi connectivity index (χ0v) is 6.80. The first-order valence-electron chi connectivity index (χ1n) is 3.80. The Kier molecular flexibility index (Phi) is 2.55. The molecule has 0 fully saturated rings. The number of nitrogens with zero attached hydrogens (tertiary/aromatic N) is 1. The van der Waals surface area contributed by atoms with Crippen molar-refractivity contribution in [1.29, 1.82) is 0 Å². The van der Waals surface area contributed by atoms with Gasteiger partial charge in [-0.2, -0.15) is 0 Å². The lowest BCUT2D eigenvalue weighted by Crippen LogP contribution is -2.03. The molecule has 0 radical (unpaired) electrons. The SMILES string of the molecule is CN(C)C=C1CC=CCC1. The van der Waals surface area contributed by atoms with Crippen LogP contribution in [0, 0.1) is 0 Å². The molecule has 0 atom stereocenters. The average molecular weight is 137 g/mol. The molecule has 0 N–H and O–H groups in total. The molecule has 1 aliphatic carbocycles. The predicted octanol–water partition coefficient (Wildman–Crippen LogP) is 2.17. The maximum Gasteiger partial charge on any atom is 0.00556 e. The first-order valence-corrected chi connectivity index (χ1v) is 3.80. The molecule has 0 saturated heterocycles. The predicted molar refractivity (Wildman–Crippen MR) is 44.8 cm³/mol. The van der Waals surface area contributed by atoms with Crippen LogP contribution in [0.2, 0.25) is 0 Å². The number of allylic oxidation sites excluding steroid dienone is 3. The summed E-state index contributed by atoms with van der Waals surface area (Å²) in [6.45, 7) is 0. The van der Waals surface area contributed by atoms with E-state index in [-0.39, 0.29) is 0 Å². The fraction of sp³-hybridized carbons (Fsp3) is 0.556. The molecule has 56 valence electrons. The molecule has 0 aliphatic heterocycles. The summed E-state index contributed by atoms with van der Waals surface area (Å²) in [5.41, 5.74) is 1.55. The van der Waals surface area contributed by atoms with Gasteiger partial charge >= 0.3 is 0 Å². The Hall–Kier alpha value is -0.720. The highest BCUT2D eigenvalue weighted by atomic mass is 15.0. The third-order valence-electron chi connectivity index (χ3n) is 1.62. The van der Waals surface area contributed by atoms with Gasteiger partial charge in [0.1, 0.15) is 0 Å². The summed E-state index contributed by atoms with van der Waals surface area (Å²) >= 11 is 0. The van der Waals surface area contributed by atoms with Crippen LogP contribution in [0.25, 0.3) is 0 Å². The third-order valence-corrected chi connectivity index (χ3v) is 1.62. The van der Waals surface area contributed by atoms with E-state index in [0.717, 1.165) is 6.42 Å². The van der Waals surface area contributed by atoms with Gasteiger partial charge in [0.15, 0.2) is 0 Å². The van der Waals surface area contributed by atoms with Crippen molar-refractivity contribution in [2.24, 2.45) is 0 Å². The maximum absolute atomic E-state index is 2.26. The summed E-state index contributed by atoms with van der Waals surface area (Å²) in [4.78, 5) is 2.12. The van der Waals surface area contributed by atoms with Crippen LogP contribution in [-0.4, -0.2) is 19.0 Å². The van der Waals surface area contributed by atoms with Gasteiger partial charge in [0.05, 0.1) is 0 Å². The second kappa shape index (κ2) is 3.45. The van der Waals surface area contributed by atoms with Gasteiger partial charge in [-0.1, -0.05) is 17.7 Å². The van der Waals surface area contributed by atoms with Crippen LogP contribution in [0.3, 0.4) is 0 Å². The molecule has 0 unspecified atom stereocenters. The quantitative estimate of drug-likeness (QED) is 0.501. The minimum atomic E-state index is 1.15. The highest BCUT2D eigenvalue weighted by Crippen LogP contribution is 2.16. The van der Waals surface area contributed by atoms with Crippen LogP contribution in [-0.2, 0) is 0 Å². The molecule has 0 amide bonds. The summed E-state index contributed by atoms with van der Waals surface area (Å²) in [6.07, 6.45) is 10.3. The fourth-order valence-electron chi connectivity index (χ4n) is 1.21. The molecule has 1 heteroatoms. The number of hydrogen-bond acceptors (Lipinski definition) is 1. The second-order valence-electron chi connectivity index (χ2n) is 2.97. The highest BCUT2D eigenvalue weighted by molar-refractivity contribution is 5.11. The van der Waals surface area contributed by atoms with Crippen LogP contribution < -0.4 is 0 Å². The summed E-state index contributed by atoms with van der Waals surface area (Å²) in [7, 11) is 4.15. The van der Waals surface area contributed by atoms with Crippen molar-refractivity contribution in [2.75, 3.05) is 14.1 Å². The van der Waals surface area contributed by atoms with Crippen LogP contribution >= 0.6 is 0 Å². The van der Waals surface area contributed by atoms with E-state index < -0.39 is 0 Å². The van der Waals surface area contributed by atoms with E-state index in [0.29, 0.717) is 0 Å². The van der Waals surface area contributed by atoms with Gasteiger partial charge in [-0.05, 0) is 25.5 Å². The molecular weight excluding hydrogens is 122 g/mol. The van der Waals surface area contributed by atoms with Crippen LogP contribution in [0.4, 0.5) is 0 Å². The minimum absolute atomic E-state index is 1.15. The molecule has 1 rings (SSSR count). The van der Waals surface area contributed by atoms with Crippen LogP contribution in [0.1, 0.15) is 19.3 Å². The third kappa shape index (κ3) is 2.26. The van der Waals surface area contributed by atoms with Crippen LogP contribution in [0.5, 0.6) is 0 Å². The van der Waals surface area contributed by atoms with Gasteiger partial charge in [-0.3, -0.25) is 0 Å². The number of rotatable bonds is 1. The van der Waals surface area contributed by atoms with E-state index in [1.807, 2.05) is 0 Å². The Morgan fingerprint density at radius 3 is 2.70 bits per heavy atom. The molecule has 0 aromatic heterocycles. The molecule has 0 bridgehead atoms. The second-order valence-corrected chi connectivity index (χ2v) is 2.97. The van der Waals surface area contributed by atoms with Crippen molar-refractivity contribution in [2.45, 2.75) is 19.3 Å². The smallest absolute Gasteiger partial charge is 0.00556 e. The molecule has 1 nitrogen and oxygen atoms in total. The summed E-state index contributed by atoms with van der Waals surface area (Å²) in [6, 6.07) is 0. The average Bonchev–Trinajstić information content (AvgIpc) is 1.88. The lowest BCUT2D eigenvalue weighted by molar-refractivity contribution is 0.552. The van der Waals surface area contributed by atoms with Gasteiger partial charge < -0.3 is 4.90 Å². The molecule has 1 aliphatic rings. The van der Waals surface area contributed by atoms with E-state index in [9.17, 15) is 0 Å². The first-order chi connectivity index (χ1) is 4.79. The van der Waals surface area contributed by atoms with Crippen molar-refractivity contribution in [1.82, 2.24) is 4.90 Å². The van der Waals surface area contributed by atoms with E-state index in [2.05, 4.69) is 37.3 Å². The zero-order chi connectivity index (χ0) is 7.40. The Balaban J connectivity index is 2.48. The zero-order valence-electron chi connectivity index (χ0n) is 6.80. The first kappa shape index (κ1) is 7.39. The summed E-state index contributed by atoms with van der Waals surface area (Å²) in [5.74, 6) is 0. The van der Waals surface area contributed by atoms with Crippen molar-refractivity contribution in [3.63, 3.8) is 0 Å². The standard InChI is InChI=1S/C9H15N/c1-10(2)8-9-6-4-3-5-7-9/h3-4,8H,5-7H2,1-2H3. The minimum Gasteiger partial charge on any atom is -0.384 e. The van der Waals surface area contributed by atoms with Crippen molar-refractivity contribution < 1.29 is 0 Å². The van der Waals surface area contributed by atoms with E-state index in [1.54, 1.807) is 5.57 Å². The molecule has 0 spiro atoms. The Labute approximate surface area is 63.0 Å². The molecule has 0 saturated carbocycles. The maximum atomic E-state index is 2.26. The summed E-state index contributed by atoms with van der Waals surface area (Å²) < 4.78 is 0. The van der Waals surface area contributed by atoms with Crippen molar-refractivity contribution in [3.8, 4) is 0 Å². The molecule has 0 aromatic carbocycles. The summed E-state index contributed by atoms with van der Waals surface area (Å²) in [5, 5.41) is 0. The van der Waals surface area contributed by atoms with E-state index >= 15 is 0 Å². The largest absolute Gasteiger partial charge is 0.384 e. The van der Waals surface area contributed by atoms with E-state index in [4.69, 9.17) is 0 Å². The van der Waals surface area contributed by atoms with E-state index in [1.165, 1.54) is 12.8 Å². The normalized spacial score (nSPS) is 21.6.